The van der Waals surface area contributed by atoms with Crippen LogP contribution < -0.4 is 10.6 Å². The average Bonchev–Trinajstić information content (AvgIpc) is 2.95. The lowest BCUT2D eigenvalue weighted by Gasteiger charge is -2.08. The van der Waals surface area contributed by atoms with Crippen molar-refractivity contribution in [2.75, 3.05) is 10.6 Å². The third kappa shape index (κ3) is 3.77. The minimum absolute atomic E-state index is 0.236. The summed E-state index contributed by atoms with van der Waals surface area (Å²) in [5.41, 5.74) is 2.00. The van der Waals surface area contributed by atoms with Crippen molar-refractivity contribution in [3.05, 3.63) is 58.1 Å². The van der Waals surface area contributed by atoms with Crippen LogP contribution in [0.25, 0.3) is 0 Å². The number of rotatable bonds is 4. The summed E-state index contributed by atoms with van der Waals surface area (Å²) < 4.78 is 5.78. The molecule has 122 valence electrons. The summed E-state index contributed by atoms with van der Waals surface area (Å²) in [6.45, 7) is 3.76. The van der Waals surface area contributed by atoms with E-state index < -0.39 is 0 Å². The quantitative estimate of drug-likeness (QED) is 0.706. The first-order valence-corrected chi connectivity index (χ1v) is 7.90. The van der Waals surface area contributed by atoms with Gasteiger partial charge in [-0.05, 0) is 47.5 Å². The number of halogens is 1. The number of aromatic nitrogens is 3. The number of nitrogens with one attached hydrogen (secondary N) is 2. The number of benzene rings is 1. The van der Waals surface area contributed by atoms with Gasteiger partial charge in [0.05, 0.1) is 5.69 Å². The molecule has 7 nitrogen and oxygen atoms in total. The SMILES string of the molecule is Cc1ccc(NC(=O)c2cc(Nc3cc(C)on3)ncn2)c(Br)c1. The maximum atomic E-state index is 12.4. The zero-order valence-electron chi connectivity index (χ0n) is 13.0. The monoisotopic (exact) mass is 387 g/mol. The summed E-state index contributed by atoms with van der Waals surface area (Å²) in [4.78, 5) is 20.5. The highest BCUT2D eigenvalue weighted by Gasteiger charge is 2.12. The van der Waals surface area contributed by atoms with Crippen molar-refractivity contribution < 1.29 is 9.32 Å². The number of carbonyl (C=O) groups is 1. The second kappa shape index (κ2) is 6.79. The molecule has 1 aromatic carbocycles. The summed E-state index contributed by atoms with van der Waals surface area (Å²) in [6, 6.07) is 8.94. The lowest BCUT2D eigenvalue weighted by molar-refractivity contribution is 0.102. The minimum Gasteiger partial charge on any atom is -0.360 e. The van der Waals surface area contributed by atoms with Crippen molar-refractivity contribution in [3.8, 4) is 0 Å². The van der Waals surface area contributed by atoms with Gasteiger partial charge in [-0.1, -0.05) is 11.2 Å². The van der Waals surface area contributed by atoms with Gasteiger partial charge >= 0.3 is 0 Å². The summed E-state index contributed by atoms with van der Waals surface area (Å²) in [7, 11) is 0. The van der Waals surface area contributed by atoms with Crippen LogP contribution in [0.3, 0.4) is 0 Å². The molecule has 3 aromatic rings. The van der Waals surface area contributed by atoms with E-state index in [1.165, 1.54) is 6.33 Å². The van der Waals surface area contributed by atoms with Crippen molar-refractivity contribution in [2.45, 2.75) is 13.8 Å². The Morgan fingerprint density at radius 1 is 1.12 bits per heavy atom. The van der Waals surface area contributed by atoms with Crippen LogP contribution in [0.4, 0.5) is 17.3 Å². The summed E-state index contributed by atoms with van der Waals surface area (Å²) in [5.74, 6) is 1.31. The van der Waals surface area contributed by atoms with Crippen LogP contribution in [-0.2, 0) is 0 Å². The normalized spacial score (nSPS) is 10.5. The summed E-state index contributed by atoms with van der Waals surface area (Å²) >= 11 is 3.43. The molecule has 2 aromatic heterocycles. The van der Waals surface area contributed by atoms with Crippen molar-refractivity contribution in [1.29, 1.82) is 0 Å². The van der Waals surface area contributed by atoms with Crippen molar-refractivity contribution in [1.82, 2.24) is 15.1 Å². The first kappa shape index (κ1) is 16.1. The molecule has 0 spiro atoms. The van der Waals surface area contributed by atoms with E-state index in [-0.39, 0.29) is 11.6 Å². The number of nitrogens with zero attached hydrogens (tertiary/aromatic N) is 3. The first-order chi connectivity index (χ1) is 11.5. The Hall–Kier alpha value is -2.74. The highest BCUT2D eigenvalue weighted by Crippen LogP contribution is 2.24. The Labute approximate surface area is 146 Å². The van der Waals surface area contributed by atoms with E-state index in [4.69, 9.17) is 4.52 Å². The molecule has 0 saturated carbocycles. The van der Waals surface area contributed by atoms with E-state index in [9.17, 15) is 4.79 Å². The number of hydrogen-bond donors (Lipinski definition) is 2. The molecule has 0 unspecified atom stereocenters. The molecule has 0 atom stereocenters. The third-order valence-corrected chi connectivity index (χ3v) is 3.81. The molecule has 0 radical (unpaired) electrons. The van der Waals surface area contributed by atoms with E-state index in [0.717, 1.165) is 10.0 Å². The lowest BCUT2D eigenvalue weighted by Crippen LogP contribution is -2.14. The molecular formula is C16H14BrN5O2. The Morgan fingerprint density at radius 3 is 2.67 bits per heavy atom. The van der Waals surface area contributed by atoms with Gasteiger partial charge in [-0.25, -0.2) is 9.97 Å². The topological polar surface area (TPSA) is 92.9 Å². The van der Waals surface area contributed by atoms with Crippen LogP contribution in [0, 0.1) is 13.8 Å². The van der Waals surface area contributed by atoms with Crippen LogP contribution in [0.2, 0.25) is 0 Å². The van der Waals surface area contributed by atoms with Crippen LogP contribution >= 0.6 is 15.9 Å². The molecule has 2 N–H and O–H groups in total. The lowest BCUT2D eigenvalue weighted by atomic mass is 10.2. The van der Waals surface area contributed by atoms with Gasteiger partial charge in [0.15, 0.2) is 5.82 Å². The van der Waals surface area contributed by atoms with Crippen molar-refractivity contribution in [2.24, 2.45) is 0 Å². The minimum atomic E-state index is -0.332. The molecule has 0 fully saturated rings. The molecule has 0 saturated heterocycles. The number of carbonyl (C=O) groups excluding carboxylic acids is 1. The van der Waals surface area contributed by atoms with Gasteiger partial charge in [0, 0.05) is 16.6 Å². The highest BCUT2D eigenvalue weighted by atomic mass is 79.9. The fourth-order valence-electron chi connectivity index (χ4n) is 2.01. The first-order valence-electron chi connectivity index (χ1n) is 7.11. The molecule has 2 heterocycles. The number of anilines is 3. The maximum absolute atomic E-state index is 12.4. The van der Waals surface area contributed by atoms with Gasteiger partial charge in [-0.3, -0.25) is 4.79 Å². The van der Waals surface area contributed by atoms with E-state index in [0.29, 0.717) is 23.1 Å². The highest BCUT2D eigenvalue weighted by molar-refractivity contribution is 9.10. The predicted octanol–water partition coefficient (Wildman–Crippen LogP) is 3.84. The van der Waals surface area contributed by atoms with Crippen molar-refractivity contribution >= 4 is 39.2 Å². The van der Waals surface area contributed by atoms with E-state index in [1.54, 1.807) is 19.1 Å². The second-order valence-corrected chi connectivity index (χ2v) is 6.03. The maximum Gasteiger partial charge on any atom is 0.274 e. The van der Waals surface area contributed by atoms with Crippen LogP contribution in [0.5, 0.6) is 0 Å². The molecule has 3 rings (SSSR count). The van der Waals surface area contributed by atoms with E-state index in [1.807, 2.05) is 25.1 Å². The Bertz CT molecular complexity index is 894. The van der Waals surface area contributed by atoms with Gasteiger partial charge in [0.2, 0.25) is 0 Å². The molecule has 0 aliphatic carbocycles. The largest absolute Gasteiger partial charge is 0.360 e. The van der Waals surface area contributed by atoms with Crippen molar-refractivity contribution in [3.63, 3.8) is 0 Å². The third-order valence-electron chi connectivity index (χ3n) is 3.16. The standard InChI is InChI=1S/C16H14BrN5O2/c1-9-3-4-12(11(17)5-9)20-16(23)13-7-14(19-8-18-13)21-15-6-10(2)24-22-15/h3-8H,1-2H3,(H,20,23)(H,18,19,21,22). The summed E-state index contributed by atoms with van der Waals surface area (Å²) in [6.07, 6.45) is 1.31. The fraction of sp³-hybridized carbons (Fsp3) is 0.125. The smallest absolute Gasteiger partial charge is 0.274 e. The van der Waals surface area contributed by atoms with Gasteiger partial charge < -0.3 is 15.2 Å². The zero-order valence-corrected chi connectivity index (χ0v) is 14.6. The fourth-order valence-corrected chi connectivity index (χ4v) is 2.61. The molecule has 0 aliphatic heterocycles. The van der Waals surface area contributed by atoms with Gasteiger partial charge in [0.25, 0.3) is 5.91 Å². The Kier molecular flexibility index (Phi) is 4.57. The molecule has 0 aliphatic rings. The number of hydrogen-bond acceptors (Lipinski definition) is 6. The molecule has 1 amide bonds. The van der Waals surface area contributed by atoms with Crippen LogP contribution in [0.1, 0.15) is 21.8 Å². The number of amides is 1. The predicted molar refractivity (Wildman–Crippen MR) is 93.4 cm³/mol. The van der Waals surface area contributed by atoms with E-state index in [2.05, 4.69) is 41.7 Å². The van der Waals surface area contributed by atoms with Gasteiger partial charge in [0.1, 0.15) is 23.6 Å². The van der Waals surface area contributed by atoms with E-state index >= 15 is 0 Å². The molecule has 0 bridgehead atoms. The zero-order chi connectivity index (χ0) is 17.1. The van der Waals surface area contributed by atoms with Gasteiger partial charge in [-0.2, -0.15) is 0 Å². The average molecular weight is 388 g/mol. The number of aryl methyl sites for hydroxylation is 2. The van der Waals surface area contributed by atoms with Crippen LogP contribution in [-0.4, -0.2) is 21.0 Å². The Balaban J connectivity index is 1.76. The Morgan fingerprint density at radius 2 is 1.96 bits per heavy atom. The molecule has 24 heavy (non-hydrogen) atoms. The molecular weight excluding hydrogens is 374 g/mol. The molecule has 8 heteroatoms. The van der Waals surface area contributed by atoms with Gasteiger partial charge in [-0.15, -0.1) is 0 Å². The summed E-state index contributed by atoms with van der Waals surface area (Å²) in [5, 5.41) is 9.59. The van der Waals surface area contributed by atoms with Crippen LogP contribution in [0.15, 0.2) is 45.7 Å². The second-order valence-electron chi connectivity index (χ2n) is 5.17.